The molecule has 2 unspecified atom stereocenters. The quantitative estimate of drug-likeness (QED) is 0.797. The van der Waals surface area contributed by atoms with Crippen LogP contribution in [0.25, 0.3) is 0 Å². The number of aliphatic hydroxyl groups excluding tert-OH is 1. The van der Waals surface area contributed by atoms with Crippen LogP contribution in [0.4, 0.5) is 9.18 Å². The molecule has 1 fully saturated rings. The van der Waals surface area contributed by atoms with Gasteiger partial charge in [-0.1, -0.05) is 6.07 Å². The van der Waals surface area contributed by atoms with E-state index in [2.05, 4.69) is 10.6 Å². The molecule has 3 rings (SSSR count). The van der Waals surface area contributed by atoms with Gasteiger partial charge in [-0.15, -0.1) is 0 Å². The molecule has 2 aliphatic rings. The fourth-order valence-corrected chi connectivity index (χ4v) is 3.17. The lowest BCUT2D eigenvalue weighted by atomic mass is 9.97. The molecule has 0 spiro atoms. The Labute approximate surface area is 123 Å². The smallest absolute Gasteiger partial charge is 0.315 e. The zero-order valence-electron chi connectivity index (χ0n) is 12.2. The monoisotopic (exact) mass is 292 g/mol. The molecule has 5 heteroatoms. The van der Waals surface area contributed by atoms with Gasteiger partial charge in [0, 0.05) is 0 Å². The van der Waals surface area contributed by atoms with Crippen molar-refractivity contribution < 1.29 is 14.3 Å². The number of aliphatic hydroxyl groups is 1. The average molecular weight is 292 g/mol. The topological polar surface area (TPSA) is 61.4 Å². The molecule has 0 aromatic heterocycles. The lowest BCUT2D eigenvalue weighted by molar-refractivity contribution is 0.154. The Hall–Kier alpha value is -1.62. The van der Waals surface area contributed by atoms with Gasteiger partial charge in [-0.2, -0.15) is 0 Å². The molecule has 0 aliphatic heterocycles. The Bertz CT molecular complexity index is 559. The maximum atomic E-state index is 13.4. The van der Waals surface area contributed by atoms with Crippen molar-refractivity contribution in [3.63, 3.8) is 0 Å². The second kappa shape index (κ2) is 5.30. The normalized spacial score (nSPS) is 23.3. The summed E-state index contributed by atoms with van der Waals surface area (Å²) in [6.07, 6.45) is 3.70. The van der Waals surface area contributed by atoms with Crippen LogP contribution in [0.5, 0.6) is 0 Å². The molecule has 21 heavy (non-hydrogen) atoms. The fraction of sp³-hybridized carbons (Fsp3) is 0.562. The number of carbonyl (C=O) groups excluding carboxylic acids is 1. The number of hydrogen-bond donors (Lipinski definition) is 3. The molecule has 0 radical (unpaired) electrons. The van der Waals surface area contributed by atoms with Gasteiger partial charge in [-0.05, 0) is 61.8 Å². The lowest BCUT2D eigenvalue weighted by Crippen LogP contribution is -2.54. The van der Waals surface area contributed by atoms with Crippen LogP contribution in [0.1, 0.15) is 43.4 Å². The third kappa shape index (κ3) is 2.88. The van der Waals surface area contributed by atoms with Crippen molar-refractivity contribution in [1.29, 1.82) is 0 Å². The van der Waals surface area contributed by atoms with Gasteiger partial charge in [0.1, 0.15) is 5.82 Å². The van der Waals surface area contributed by atoms with Crippen molar-refractivity contribution >= 4 is 6.03 Å². The second-order valence-corrected chi connectivity index (χ2v) is 6.38. The number of nitrogens with one attached hydrogen (secondary N) is 2. The molecule has 0 heterocycles. The Morgan fingerprint density at radius 2 is 2.19 bits per heavy atom. The van der Waals surface area contributed by atoms with Crippen LogP contribution in [0.3, 0.4) is 0 Å². The van der Waals surface area contributed by atoms with Crippen molar-refractivity contribution in [2.24, 2.45) is 5.92 Å². The van der Waals surface area contributed by atoms with Crippen molar-refractivity contribution in [3.05, 3.63) is 35.1 Å². The first-order valence-corrected chi connectivity index (χ1v) is 7.50. The maximum Gasteiger partial charge on any atom is 0.315 e. The third-order valence-electron chi connectivity index (χ3n) is 4.70. The summed E-state index contributed by atoms with van der Waals surface area (Å²) in [7, 11) is 0. The molecule has 1 aromatic carbocycles. The van der Waals surface area contributed by atoms with Crippen LogP contribution in [0.2, 0.25) is 0 Å². The molecule has 4 nitrogen and oxygen atoms in total. The predicted octanol–water partition coefficient (Wildman–Crippen LogP) is 2.27. The summed E-state index contributed by atoms with van der Waals surface area (Å²) in [6, 6.07) is 4.29. The number of amides is 2. The summed E-state index contributed by atoms with van der Waals surface area (Å²) in [5, 5.41) is 15.3. The summed E-state index contributed by atoms with van der Waals surface area (Å²) in [6.45, 7) is 1.80. The van der Waals surface area contributed by atoms with E-state index in [0.717, 1.165) is 36.8 Å². The van der Waals surface area contributed by atoms with E-state index < -0.39 is 5.54 Å². The SMILES string of the molecule is CC(CO)(NC(=O)NC1CCc2ccc(F)cc21)C1CC1. The highest BCUT2D eigenvalue weighted by molar-refractivity contribution is 5.75. The minimum absolute atomic E-state index is 0.0685. The first-order valence-electron chi connectivity index (χ1n) is 7.50. The fourth-order valence-electron chi connectivity index (χ4n) is 3.17. The van der Waals surface area contributed by atoms with Gasteiger partial charge >= 0.3 is 6.03 Å². The van der Waals surface area contributed by atoms with Gasteiger partial charge in [0.05, 0.1) is 18.2 Å². The maximum absolute atomic E-state index is 13.4. The Morgan fingerprint density at radius 1 is 1.43 bits per heavy atom. The molecule has 3 N–H and O–H groups in total. The Balaban J connectivity index is 1.65. The molecule has 2 amide bonds. The molecule has 0 bridgehead atoms. The first kappa shape index (κ1) is 14.3. The van der Waals surface area contributed by atoms with Crippen molar-refractivity contribution in [3.8, 4) is 0 Å². The van der Waals surface area contributed by atoms with Crippen LogP contribution in [0, 0.1) is 11.7 Å². The van der Waals surface area contributed by atoms with Gasteiger partial charge in [0.2, 0.25) is 0 Å². The summed E-state index contributed by atoms with van der Waals surface area (Å²) in [5.74, 6) is 0.0718. The van der Waals surface area contributed by atoms with Crippen molar-refractivity contribution in [1.82, 2.24) is 10.6 Å². The number of halogens is 1. The van der Waals surface area contributed by atoms with E-state index in [4.69, 9.17) is 0 Å². The van der Waals surface area contributed by atoms with Crippen LogP contribution in [-0.4, -0.2) is 23.3 Å². The van der Waals surface area contributed by atoms with E-state index in [0.29, 0.717) is 5.92 Å². The minimum atomic E-state index is -0.562. The lowest BCUT2D eigenvalue weighted by Gasteiger charge is -2.29. The highest BCUT2D eigenvalue weighted by atomic mass is 19.1. The van der Waals surface area contributed by atoms with Crippen LogP contribution in [-0.2, 0) is 6.42 Å². The summed E-state index contributed by atoms with van der Waals surface area (Å²) >= 11 is 0. The van der Waals surface area contributed by atoms with E-state index in [1.165, 1.54) is 12.1 Å². The van der Waals surface area contributed by atoms with Gasteiger partial charge in [-0.25, -0.2) is 9.18 Å². The van der Waals surface area contributed by atoms with Gasteiger partial charge in [-0.3, -0.25) is 0 Å². The molecule has 1 saturated carbocycles. The third-order valence-corrected chi connectivity index (χ3v) is 4.70. The number of rotatable bonds is 4. The average Bonchev–Trinajstić information content (AvgIpc) is 3.24. The Kier molecular flexibility index (Phi) is 3.61. The highest BCUT2D eigenvalue weighted by Gasteiger charge is 2.42. The van der Waals surface area contributed by atoms with Crippen LogP contribution >= 0.6 is 0 Å². The summed E-state index contributed by atoms with van der Waals surface area (Å²) in [4.78, 5) is 12.2. The molecule has 0 saturated heterocycles. The predicted molar refractivity (Wildman–Crippen MR) is 77.3 cm³/mol. The molecule has 114 valence electrons. The second-order valence-electron chi connectivity index (χ2n) is 6.38. The van der Waals surface area contributed by atoms with E-state index >= 15 is 0 Å². The van der Waals surface area contributed by atoms with Crippen LogP contribution in [0.15, 0.2) is 18.2 Å². The summed E-state index contributed by atoms with van der Waals surface area (Å²) in [5.41, 5.74) is 1.39. The minimum Gasteiger partial charge on any atom is -0.394 e. The first-order chi connectivity index (χ1) is 10.0. The van der Waals surface area contributed by atoms with E-state index in [1.807, 2.05) is 6.92 Å². The number of hydrogen-bond acceptors (Lipinski definition) is 2. The van der Waals surface area contributed by atoms with Crippen molar-refractivity contribution in [2.75, 3.05) is 6.61 Å². The highest BCUT2D eigenvalue weighted by Crippen LogP contribution is 2.39. The number of urea groups is 1. The van der Waals surface area contributed by atoms with E-state index in [-0.39, 0.29) is 24.5 Å². The molecule has 1 aromatic rings. The molecule has 2 aliphatic carbocycles. The number of aryl methyl sites for hydroxylation is 1. The summed E-state index contributed by atoms with van der Waals surface area (Å²) < 4.78 is 13.4. The van der Waals surface area contributed by atoms with Gasteiger partial charge < -0.3 is 15.7 Å². The van der Waals surface area contributed by atoms with Crippen LogP contribution < -0.4 is 10.6 Å². The Morgan fingerprint density at radius 3 is 2.86 bits per heavy atom. The molecular formula is C16H21FN2O2. The zero-order chi connectivity index (χ0) is 15.0. The van der Waals surface area contributed by atoms with Gasteiger partial charge in [0.25, 0.3) is 0 Å². The molecular weight excluding hydrogens is 271 g/mol. The van der Waals surface area contributed by atoms with Gasteiger partial charge in [0.15, 0.2) is 0 Å². The zero-order valence-corrected chi connectivity index (χ0v) is 12.2. The van der Waals surface area contributed by atoms with E-state index in [9.17, 15) is 14.3 Å². The largest absolute Gasteiger partial charge is 0.394 e. The number of benzene rings is 1. The standard InChI is InChI=1S/C16H21FN2O2/c1-16(9-20,11-4-5-11)19-15(21)18-14-7-3-10-2-6-12(17)8-13(10)14/h2,6,8,11,14,20H,3-5,7,9H2,1H3,(H2,18,19,21). The molecule has 2 atom stereocenters. The van der Waals surface area contributed by atoms with Crippen molar-refractivity contribution in [2.45, 2.75) is 44.2 Å². The number of carbonyl (C=O) groups is 1. The number of fused-ring (bicyclic) bond motifs is 1. The van der Waals surface area contributed by atoms with E-state index in [1.54, 1.807) is 6.07 Å².